The van der Waals surface area contributed by atoms with Crippen LogP contribution in [0, 0.1) is 6.92 Å². The van der Waals surface area contributed by atoms with E-state index in [0.717, 1.165) is 26.4 Å². The SMILES string of the molecule is Cc1cccc(C=C(C(=O)c2ccccc2)c2nc3ccccc3s2)c1. The van der Waals surface area contributed by atoms with Gasteiger partial charge in [0.05, 0.1) is 15.8 Å². The predicted molar refractivity (Wildman–Crippen MR) is 109 cm³/mol. The van der Waals surface area contributed by atoms with Crippen LogP contribution in [-0.2, 0) is 0 Å². The number of nitrogens with zero attached hydrogens (tertiary/aromatic N) is 1. The normalized spacial score (nSPS) is 11.7. The number of carbonyl (C=O) groups is 1. The van der Waals surface area contributed by atoms with Gasteiger partial charge >= 0.3 is 0 Å². The lowest BCUT2D eigenvalue weighted by molar-refractivity contribution is 0.105. The Kier molecular flexibility index (Phi) is 4.46. The Morgan fingerprint density at radius 1 is 0.923 bits per heavy atom. The third kappa shape index (κ3) is 3.35. The Bertz CT molecular complexity index is 1080. The molecule has 0 saturated heterocycles. The van der Waals surface area contributed by atoms with Gasteiger partial charge < -0.3 is 0 Å². The minimum Gasteiger partial charge on any atom is -0.288 e. The maximum absolute atomic E-state index is 13.2. The van der Waals surface area contributed by atoms with Crippen molar-refractivity contribution in [1.82, 2.24) is 4.98 Å². The minimum atomic E-state index is -0.00818. The van der Waals surface area contributed by atoms with Crippen molar-refractivity contribution >= 4 is 39.0 Å². The third-order valence-corrected chi connectivity index (χ3v) is 5.23. The molecule has 3 aromatic carbocycles. The third-order valence-electron chi connectivity index (χ3n) is 4.16. The van der Waals surface area contributed by atoms with Crippen LogP contribution in [0.3, 0.4) is 0 Å². The molecule has 0 bridgehead atoms. The predicted octanol–water partition coefficient (Wildman–Crippen LogP) is 6.03. The summed E-state index contributed by atoms with van der Waals surface area (Å²) in [5.74, 6) is -0.00818. The summed E-state index contributed by atoms with van der Waals surface area (Å²) < 4.78 is 1.08. The molecule has 0 aliphatic rings. The fourth-order valence-electron chi connectivity index (χ4n) is 2.88. The van der Waals surface area contributed by atoms with E-state index in [-0.39, 0.29) is 5.78 Å². The summed E-state index contributed by atoms with van der Waals surface area (Å²) in [7, 11) is 0. The molecule has 126 valence electrons. The van der Waals surface area contributed by atoms with Gasteiger partial charge in [-0.05, 0) is 30.7 Å². The van der Waals surface area contributed by atoms with Crippen LogP contribution in [0.15, 0.2) is 78.9 Å². The van der Waals surface area contributed by atoms with Gasteiger partial charge in [-0.25, -0.2) is 4.98 Å². The number of Topliss-reactive ketones (excluding diaryl/α,β-unsaturated/α-hetero) is 1. The Morgan fingerprint density at radius 3 is 2.46 bits per heavy atom. The second-order valence-electron chi connectivity index (χ2n) is 6.15. The number of hydrogen-bond donors (Lipinski definition) is 0. The van der Waals surface area contributed by atoms with E-state index in [1.807, 2.05) is 85.8 Å². The molecule has 0 N–H and O–H groups in total. The Balaban J connectivity index is 1.87. The van der Waals surface area contributed by atoms with Crippen molar-refractivity contribution in [1.29, 1.82) is 0 Å². The second-order valence-corrected chi connectivity index (χ2v) is 7.18. The van der Waals surface area contributed by atoms with Crippen molar-refractivity contribution in [2.45, 2.75) is 6.92 Å². The maximum Gasteiger partial charge on any atom is 0.196 e. The van der Waals surface area contributed by atoms with Crippen molar-refractivity contribution in [3.8, 4) is 0 Å². The zero-order chi connectivity index (χ0) is 17.9. The molecule has 0 radical (unpaired) electrons. The summed E-state index contributed by atoms with van der Waals surface area (Å²) >= 11 is 1.55. The molecule has 0 atom stereocenters. The van der Waals surface area contributed by atoms with E-state index in [1.165, 1.54) is 0 Å². The number of aromatic nitrogens is 1. The van der Waals surface area contributed by atoms with E-state index >= 15 is 0 Å². The molecule has 2 nitrogen and oxygen atoms in total. The summed E-state index contributed by atoms with van der Waals surface area (Å²) in [5, 5.41) is 0.751. The lowest BCUT2D eigenvalue weighted by Gasteiger charge is -2.05. The van der Waals surface area contributed by atoms with Crippen LogP contribution in [0.4, 0.5) is 0 Å². The molecule has 0 saturated carbocycles. The Labute approximate surface area is 156 Å². The van der Waals surface area contributed by atoms with Gasteiger partial charge in [-0.2, -0.15) is 0 Å². The van der Waals surface area contributed by atoms with Crippen LogP contribution in [-0.4, -0.2) is 10.8 Å². The van der Waals surface area contributed by atoms with Crippen molar-refractivity contribution < 1.29 is 4.79 Å². The monoisotopic (exact) mass is 355 g/mol. The first-order valence-electron chi connectivity index (χ1n) is 8.45. The van der Waals surface area contributed by atoms with Gasteiger partial charge in [0, 0.05) is 5.56 Å². The minimum absolute atomic E-state index is 0.00818. The smallest absolute Gasteiger partial charge is 0.196 e. The highest BCUT2D eigenvalue weighted by Crippen LogP contribution is 2.30. The van der Waals surface area contributed by atoms with Gasteiger partial charge in [0.25, 0.3) is 0 Å². The molecule has 26 heavy (non-hydrogen) atoms. The van der Waals surface area contributed by atoms with Gasteiger partial charge in [0.1, 0.15) is 5.01 Å². The Morgan fingerprint density at radius 2 is 1.69 bits per heavy atom. The summed E-state index contributed by atoms with van der Waals surface area (Å²) in [6, 6.07) is 25.5. The van der Waals surface area contributed by atoms with E-state index in [4.69, 9.17) is 4.98 Å². The molecule has 4 aromatic rings. The van der Waals surface area contributed by atoms with Gasteiger partial charge in [0.2, 0.25) is 0 Å². The van der Waals surface area contributed by atoms with Crippen LogP contribution in [0.25, 0.3) is 21.9 Å². The first-order valence-corrected chi connectivity index (χ1v) is 9.26. The van der Waals surface area contributed by atoms with Crippen molar-refractivity contribution in [3.63, 3.8) is 0 Å². The molecule has 0 amide bonds. The van der Waals surface area contributed by atoms with E-state index < -0.39 is 0 Å². The van der Waals surface area contributed by atoms with E-state index in [0.29, 0.717) is 11.1 Å². The van der Waals surface area contributed by atoms with Crippen LogP contribution in [0.2, 0.25) is 0 Å². The van der Waals surface area contributed by atoms with E-state index in [2.05, 4.69) is 6.07 Å². The number of benzene rings is 3. The molecule has 0 unspecified atom stereocenters. The molecular weight excluding hydrogens is 338 g/mol. The molecule has 4 rings (SSSR count). The highest BCUT2D eigenvalue weighted by molar-refractivity contribution is 7.20. The maximum atomic E-state index is 13.2. The summed E-state index contributed by atoms with van der Waals surface area (Å²) in [6.45, 7) is 2.05. The summed E-state index contributed by atoms with van der Waals surface area (Å²) in [6.07, 6.45) is 1.94. The highest BCUT2D eigenvalue weighted by Gasteiger charge is 2.18. The van der Waals surface area contributed by atoms with E-state index in [9.17, 15) is 4.79 Å². The number of aryl methyl sites for hydroxylation is 1. The fraction of sp³-hybridized carbons (Fsp3) is 0.0435. The standard InChI is InChI=1S/C23H17NOS/c1-16-8-7-9-17(14-16)15-19(22(25)18-10-3-2-4-11-18)23-24-20-12-5-6-13-21(20)26-23/h2-15H,1H3. The first-order chi connectivity index (χ1) is 12.7. The molecular formula is C23H17NOS. The quantitative estimate of drug-likeness (QED) is 0.330. The molecule has 0 spiro atoms. The van der Waals surface area contributed by atoms with Gasteiger partial charge in [-0.1, -0.05) is 72.3 Å². The topological polar surface area (TPSA) is 30.0 Å². The molecule has 1 heterocycles. The summed E-state index contributed by atoms with van der Waals surface area (Å²) in [4.78, 5) is 17.9. The van der Waals surface area contributed by atoms with Crippen LogP contribution < -0.4 is 0 Å². The van der Waals surface area contributed by atoms with Crippen LogP contribution in [0.5, 0.6) is 0 Å². The average molecular weight is 355 g/mol. The number of rotatable bonds is 4. The zero-order valence-corrected chi connectivity index (χ0v) is 15.2. The van der Waals surface area contributed by atoms with Crippen molar-refractivity contribution in [2.75, 3.05) is 0 Å². The highest BCUT2D eigenvalue weighted by atomic mass is 32.1. The molecule has 0 aliphatic carbocycles. The fourth-order valence-corrected chi connectivity index (χ4v) is 3.86. The van der Waals surface area contributed by atoms with Gasteiger partial charge in [0.15, 0.2) is 5.78 Å². The largest absolute Gasteiger partial charge is 0.288 e. The number of thiazole rings is 1. The van der Waals surface area contributed by atoms with Crippen molar-refractivity contribution in [2.24, 2.45) is 0 Å². The molecule has 3 heteroatoms. The average Bonchev–Trinajstić information content (AvgIpc) is 3.10. The number of carbonyl (C=O) groups excluding carboxylic acids is 1. The van der Waals surface area contributed by atoms with Crippen molar-refractivity contribution in [3.05, 3.63) is 101 Å². The van der Waals surface area contributed by atoms with E-state index in [1.54, 1.807) is 11.3 Å². The van der Waals surface area contributed by atoms with Gasteiger partial charge in [-0.3, -0.25) is 4.79 Å². The number of hydrogen-bond acceptors (Lipinski definition) is 3. The second kappa shape index (κ2) is 7.06. The lowest BCUT2D eigenvalue weighted by Crippen LogP contribution is -2.02. The molecule has 0 fully saturated rings. The first kappa shape index (κ1) is 16.4. The van der Waals surface area contributed by atoms with Gasteiger partial charge in [-0.15, -0.1) is 11.3 Å². The Hall–Kier alpha value is -3.04. The molecule has 0 aliphatic heterocycles. The zero-order valence-electron chi connectivity index (χ0n) is 14.3. The van der Waals surface area contributed by atoms with Crippen LogP contribution in [0.1, 0.15) is 26.5 Å². The number of ketones is 1. The number of allylic oxidation sites excluding steroid dienone is 1. The van der Waals surface area contributed by atoms with Crippen LogP contribution >= 0.6 is 11.3 Å². The number of fused-ring (bicyclic) bond motifs is 1. The number of para-hydroxylation sites is 1. The molecule has 1 aromatic heterocycles. The lowest BCUT2D eigenvalue weighted by atomic mass is 10.0. The summed E-state index contributed by atoms with van der Waals surface area (Å²) in [5.41, 5.74) is 4.38.